The Labute approximate surface area is 204 Å². The lowest BCUT2D eigenvalue weighted by Crippen LogP contribution is -2.24. The molecule has 1 heterocycles. The third-order valence-electron chi connectivity index (χ3n) is 5.67. The van der Waals surface area contributed by atoms with Gasteiger partial charge in [0, 0.05) is 29.4 Å². The Bertz CT molecular complexity index is 1190. The standard InChI is InChI=1S/C26H27ClN4O3/c1-17-5-7-18(8-6-17)25(32)28-20-10-11-23(31-13-3-4-14-31)21(16-20)29-26(33)30-22-15-19(27)9-12-24(22)34-2/h5-12,15-16H,3-4,13-14H2,1-2H3,(H,28,32)(H2,29,30,33). The zero-order chi connectivity index (χ0) is 24.1. The lowest BCUT2D eigenvalue weighted by atomic mass is 10.1. The topological polar surface area (TPSA) is 82.7 Å². The van der Waals surface area contributed by atoms with Gasteiger partial charge in [-0.3, -0.25) is 4.79 Å². The lowest BCUT2D eigenvalue weighted by Gasteiger charge is -2.23. The fourth-order valence-electron chi connectivity index (χ4n) is 3.91. The van der Waals surface area contributed by atoms with Gasteiger partial charge in [-0.2, -0.15) is 0 Å². The fourth-order valence-corrected chi connectivity index (χ4v) is 4.08. The van der Waals surface area contributed by atoms with E-state index in [4.69, 9.17) is 16.3 Å². The number of carbonyl (C=O) groups excluding carboxylic acids is 2. The normalized spacial score (nSPS) is 12.9. The van der Waals surface area contributed by atoms with Crippen LogP contribution >= 0.6 is 11.6 Å². The third kappa shape index (κ3) is 5.61. The average molecular weight is 479 g/mol. The van der Waals surface area contributed by atoms with Gasteiger partial charge in [-0.25, -0.2) is 4.79 Å². The van der Waals surface area contributed by atoms with Crippen LogP contribution in [0.2, 0.25) is 5.02 Å². The number of nitrogens with zero attached hydrogens (tertiary/aromatic N) is 1. The monoisotopic (exact) mass is 478 g/mol. The van der Waals surface area contributed by atoms with Crippen LogP contribution < -0.4 is 25.6 Å². The van der Waals surface area contributed by atoms with Gasteiger partial charge in [0.1, 0.15) is 5.75 Å². The molecule has 8 heteroatoms. The zero-order valence-corrected chi connectivity index (χ0v) is 19.9. The molecule has 1 fully saturated rings. The van der Waals surface area contributed by atoms with Crippen molar-refractivity contribution < 1.29 is 14.3 Å². The number of anilines is 4. The molecular formula is C26H27ClN4O3. The number of rotatable bonds is 6. The highest BCUT2D eigenvalue weighted by molar-refractivity contribution is 6.31. The SMILES string of the molecule is COc1ccc(Cl)cc1NC(=O)Nc1cc(NC(=O)c2ccc(C)cc2)ccc1N1CCCC1. The molecule has 3 amide bonds. The summed E-state index contributed by atoms with van der Waals surface area (Å²) in [5.74, 6) is 0.284. The highest BCUT2D eigenvalue weighted by Crippen LogP contribution is 2.33. The minimum atomic E-state index is -0.442. The predicted octanol–water partition coefficient (Wildman–Crippen LogP) is 6.15. The molecule has 4 rings (SSSR count). The molecular weight excluding hydrogens is 452 g/mol. The molecule has 3 N–H and O–H groups in total. The largest absolute Gasteiger partial charge is 0.495 e. The Morgan fingerprint density at radius 2 is 1.59 bits per heavy atom. The van der Waals surface area contributed by atoms with E-state index in [0.29, 0.717) is 33.4 Å². The molecule has 0 bridgehead atoms. The van der Waals surface area contributed by atoms with Gasteiger partial charge in [-0.15, -0.1) is 0 Å². The number of hydrogen-bond acceptors (Lipinski definition) is 4. The summed E-state index contributed by atoms with van der Waals surface area (Å²) in [5, 5.41) is 9.12. The number of ether oxygens (including phenoxy) is 1. The summed E-state index contributed by atoms with van der Waals surface area (Å²) in [5.41, 5.74) is 4.19. The second-order valence-corrected chi connectivity index (χ2v) is 8.61. The van der Waals surface area contributed by atoms with E-state index >= 15 is 0 Å². The van der Waals surface area contributed by atoms with Crippen LogP contribution in [0.15, 0.2) is 60.7 Å². The Balaban J connectivity index is 1.56. The molecule has 0 aromatic heterocycles. The molecule has 0 aliphatic carbocycles. The summed E-state index contributed by atoms with van der Waals surface area (Å²) < 4.78 is 5.31. The Morgan fingerprint density at radius 1 is 0.882 bits per heavy atom. The second kappa shape index (κ2) is 10.5. The molecule has 34 heavy (non-hydrogen) atoms. The summed E-state index contributed by atoms with van der Waals surface area (Å²) >= 11 is 6.08. The lowest BCUT2D eigenvalue weighted by molar-refractivity contribution is 0.102. The van der Waals surface area contributed by atoms with Crippen LogP contribution in [0, 0.1) is 6.92 Å². The molecule has 1 aliphatic rings. The molecule has 0 atom stereocenters. The number of urea groups is 1. The van der Waals surface area contributed by atoms with Crippen LogP contribution in [-0.4, -0.2) is 32.1 Å². The highest BCUT2D eigenvalue weighted by atomic mass is 35.5. The van der Waals surface area contributed by atoms with Crippen LogP contribution in [0.3, 0.4) is 0 Å². The number of carbonyl (C=O) groups is 2. The van der Waals surface area contributed by atoms with E-state index in [2.05, 4.69) is 20.9 Å². The number of halogens is 1. The molecule has 0 saturated carbocycles. The van der Waals surface area contributed by atoms with Crippen molar-refractivity contribution in [1.82, 2.24) is 0 Å². The average Bonchev–Trinajstić information content (AvgIpc) is 3.34. The van der Waals surface area contributed by atoms with Crippen LogP contribution in [0.25, 0.3) is 0 Å². The van der Waals surface area contributed by atoms with E-state index in [1.807, 2.05) is 31.2 Å². The van der Waals surface area contributed by atoms with Gasteiger partial charge in [0.2, 0.25) is 0 Å². The summed E-state index contributed by atoms with van der Waals surface area (Å²) in [7, 11) is 1.53. The summed E-state index contributed by atoms with van der Waals surface area (Å²) in [6.45, 7) is 3.79. The third-order valence-corrected chi connectivity index (χ3v) is 5.91. The highest BCUT2D eigenvalue weighted by Gasteiger charge is 2.19. The second-order valence-electron chi connectivity index (χ2n) is 8.17. The number of amides is 3. The molecule has 0 spiro atoms. The van der Waals surface area contributed by atoms with Crippen LogP contribution in [0.4, 0.5) is 27.5 Å². The summed E-state index contributed by atoms with van der Waals surface area (Å²) in [4.78, 5) is 27.8. The molecule has 1 aliphatic heterocycles. The minimum absolute atomic E-state index is 0.215. The van der Waals surface area contributed by atoms with Crippen molar-refractivity contribution >= 4 is 46.3 Å². The smallest absolute Gasteiger partial charge is 0.323 e. The first-order valence-corrected chi connectivity index (χ1v) is 11.5. The molecule has 0 radical (unpaired) electrons. The summed E-state index contributed by atoms with van der Waals surface area (Å²) in [6, 6.07) is 17.5. The van der Waals surface area contributed by atoms with E-state index in [1.165, 1.54) is 7.11 Å². The maximum Gasteiger partial charge on any atom is 0.323 e. The van der Waals surface area contributed by atoms with Crippen molar-refractivity contribution in [3.63, 3.8) is 0 Å². The van der Waals surface area contributed by atoms with Gasteiger partial charge >= 0.3 is 6.03 Å². The molecule has 1 saturated heterocycles. The van der Waals surface area contributed by atoms with Gasteiger partial charge in [0.15, 0.2) is 0 Å². The number of hydrogen-bond donors (Lipinski definition) is 3. The van der Waals surface area contributed by atoms with E-state index < -0.39 is 6.03 Å². The van der Waals surface area contributed by atoms with Crippen LogP contribution in [-0.2, 0) is 0 Å². The first kappa shape index (κ1) is 23.4. The Kier molecular flexibility index (Phi) is 7.23. The zero-order valence-electron chi connectivity index (χ0n) is 19.2. The van der Waals surface area contributed by atoms with Crippen LogP contribution in [0.1, 0.15) is 28.8 Å². The molecule has 0 unspecified atom stereocenters. The predicted molar refractivity (Wildman–Crippen MR) is 138 cm³/mol. The Hall–Kier alpha value is -3.71. The summed E-state index contributed by atoms with van der Waals surface area (Å²) in [6.07, 6.45) is 2.19. The van der Waals surface area contributed by atoms with Crippen molar-refractivity contribution in [3.8, 4) is 5.75 Å². The van der Waals surface area contributed by atoms with Gasteiger partial charge in [0.25, 0.3) is 5.91 Å². The van der Waals surface area contributed by atoms with Crippen molar-refractivity contribution in [2.45, 2.75) is 19.8 Å². The quantitative estimate of drug-likeness (QED) is 0.396. The van der Waals surface area contributed by atoms with Gasteiger partial charge < -0.3 is 25.6 Å². The molecule has 3 aromatic carbocycles. The Morgan fingerprint density at radius 3 is 2.29 bits per heavy atom. The fraction of sp³-hybridized carbons (Fsp3) is 0.231. The molecule has 3 aromatic rings. The van der Waals surface area contributed by atoms with Crippen molar-refractivity contribution in [1.29, 1.82) is 0 Å². The van der Waals surface area contributed by atoms with Crippen molar-refractivity contribution in [3.05, 3.63) is 76.8 Å². The minimum Gasteiger partial charge on any atom is -0.495 e. The maximum atomic E-state index is 12.9. The number of aryl methyl sites for hydroxylation is 1. The van der Waals surface area contributed by atoms with E-state index in [1.54, 1.807) is 36.4 Å². The van der Waals surface area contributed by atoms with E-state index in [9.17, 15) is 9.59 Å². The van der Waals surface area contributed by atoms with Gasteiger partial charge in [-0.1, -0.05) is 29.3 Å². The maximum absolute atomic E-state index is 12.9. The first-order valence-electron chi connectivity index (χ1n) is 11.1. The van der Waals surface area contributed by atoms with Gasteiger partial charge in [0.05, 0.1) is 24.2 Å². The number of benzene rings is 3. The van der Waals surface area contributed by atoms with E-state index in [0.717, 1.165) is 37.2 Å². The number of methoxy groups -OCH3 is 1. The molecule has 176 valence electrons. The van der Waals surface area contributed by atoms with Crippen molar-refractivity contribution in [2.75, 3.05) is 41.0 Å². The van der Waals surface area contributed by atoms with Gasteiger partial charge in [-0.05, 0) is 68.3 Å². The van der Waals surface area contributed by atoms with Crippen LogP contribution in [0.5, 0.6) is 5.75 Å². The first-order chi connectivity index (χ1) is 16.4. The molecule has 7 nitrogen and oxygen atoms in total. The van der Waals surface area contributed by atoms with Crippen molar-refractivity contribution in [2.24, 2.45) is 0 Å². The van der Waals surface area contributed by atoms with E-state index in [-0.39, 0.29) is 5.91 Å². The number of nitrogens with one attached hydrogen (secondary N) is 3.